The lowest BCUT2D eigenvalue weighted by Crippen LogP contribution is -2.12. The van der Waals surface area contributed by atoms with Crippen LogP contribution in [0.25, 0.3) is 0 Å². The standard InChI is InChI=1S/C15H13ClF3N2O5P/c1-3-25-27(2,24)13-7-10(4-5-12(13)21(22)23)26-14-11(16)6-9(8-20-14)15(17,18)19/h4-8H,3H2,1-2H3. The molecular weight excluding hydrogens is 412 g/mol. The molecule has 0 spiro atoms. The first-order valence-electron chi connectivity index (χ1n) is 7.37. The van der Waals surface area contributed by atoms with Crippen molar-refractivity contribution < 1.29 is 31.9 Å². The number of nitro benzene ring substituents is 1. The summed E-state index contributed by atoms with van der Waals surface area (Å²) in [5.74, 6) is -0.390. The maximum atomic E-state index is 12.7. The Labute approximate surface area is 156 Å². The minimum atomic E-state index is -4.62. The van der Waals surface area contributed by atoms with Gasteiger partial charge in [0.1, 0.15) is 16.1 Å². The minimum Gasteiger partial charge on any atom is -0.438 e. The number of hydrogen-bond donors (Lipinski definition) is 0. The van der Waals surface area contributed by atoms with Crippen LogP contribution in [-0.4, -0.2) is 23.2 Å². The Bertz CT molecular complexity index is 923. The van der Waals surface area contributed by atoms with Crippen molar-refractivity contribution in [2.24, 2.45) is 0 Å². The highest BCUT2D eigenvalue weighted by atomic mass is 35.5. The van der Waals surface area contributed by atoms with Gasteiger partial charge in [0, 0.05) is 25.0 Å². The van der Waals surface area contributed by atoms with Crippen molar-refractivity contribution in [1.82, 2.24) is 4.98 Å². The third kappa shape index (κ3) is 4.97. The van der Waals surface area contributed by atoms with E-state index in [1.54, 1.807) is 6.92 Å². The Morgan fingerprint density at radius 2 is 2.00 bits per heavy atom. The molecule has 0 amide bonds. The molecule has 7 nitrogen and oxygen atoms in total. The third-order valence-electron chi connectivity index (χ3n) is 3.31. The first-order chi connectivity index (χ1) is 12.5. The van der Waals surface area contributed by atoms with Crippen LogP contribution in [0.3, 0.4) is 0 Å². The molecule has 2 aromatic rings. The van der Waals surface area contributed by atoms with E-state index >= 15 is 0 Å². The zero-order valence-corrected chi connectivity index (χ0v) is 15.6. The molecule has 0 N–H and O–H groups in total. The van der Waals surface area contributed by atoms with Gasteiger partial charge in [0.15, 0.2) is 0 Å². The Hall–Kier alpha value is -2.16. The van der Waals surface area contributed by atoms with Crippen LogP contribution < -0.4 is 10.0 Å². The fourth-order valence-corrected chi connectivity index (χ4v) is 3.90. The van der Waals surface area contributed by atoms with Gasteiger partial charge in [-0.05, 0) is 19.1 Å². The molecule has 0 fully saturated rings. The van der Waals surface area contributed by atoms with Crippen molar-refractivity contribution in [2.45, 2.75) is 13.1 Å². The van der Waals surface area contributed by atoms with Gasteiger partial charge in [-0.15, -0.1) is 0 Å². The van der Waals surface area contributed by atoms with E-state index in [4.69, 9.17) is 20.9 Å². The molecule has 0 aliphatic carbocycles. The maximum Gasteiger partial charge on any atom is 0.417 e. The highest BCUT2D eigenvalue weighted by Gasteiger charge is 2.32. The van der Waals surface area contributed by atoms with E-state index in [1.165, 1.54) is 12.7 Å². The molecular formula is C15H13ClF3N2O5P. The number of aromatic nitrogens is 1. The van der Waals surface area contributed by atoms with Gasteiger partial charge in [0.2, 0.25) is 13.2 Å². The lowest BCUT2D eigenvalue weighted by Gasteiger charge is -2.15. The minimum absolute atomic E-state index is 0.0495. The van der Waals surface area contributed by atoms with Crippen molar-refractivity contribution in [3.8, 4) is 11.6 Å². The second-order valence-electron chi connectivity index (χ2n) is 5.28. The van der Waals surface area contributed by atoms with E-state index in [1.807, 2.05) is 0 Å². The summed E-state index contributed by atoms with van der Waals surface area (Å²) in [5, 5.41) is 10.6. The maximum absolute atomic E-state index is 12.7. The smallest absolute Gasteiger partial charge is 0.417 e. The van der Waals surface area contributed by atoms with Gasteiger partial charge in [-0.3, -0.25) is 14.7 Å². The number of nitrogens with zero attached hydrogens (tertiary/aromatic N) is 2. The molecule has 0 saturated heterocycles. The number of ether oxygens (including phenoxy) is 1. The lowest BCUT2D eigenvalue weighted by molar-refractivity contribution is -0.383. The average molecular weight is 425 g/mol. The van der Waals surface area contributed by atoms with Crippen LogP contribution in [0.5, 0.6) is 11.6 Å². The van der Waals surface area contributed by atoms with Crippen LogP contribution in [0.1, 0.15) is 12.5 Å². The van der Waals surface area contributed by atoms with Crippen LogP contribution >= 0.6 is 19.0 Å². The van der Waals surface area contributed by atoms with Crippen LogP contribution in [0.2, 0.25) is 5.02 Å². The average Bonchev–Trinajstić information content (AvgIpc) is 2.55. The number of rotatable bonds is 6. The monoisotopic (exact) mass is 424 g/mol. The summed E-state index contributed by atoms with van der Waals surface area (Å²) in [5.41, 5.74) is -1.49. The molecule has 1 heterocycles. The summed E-state index contributed by atoms with van der Waals surface area (Å²) in [6, 6.07) is 3.99. The quantitative estimate of drug-likeness (QED) is 0.367. The molecule has 0 radical (unpaired) electrons. The molecule has 1 atom stereocenters. The predicted octanol–water partition coefficient (Wildman–Crippen LogP) is 5.02. The van der Waals surface area contributed by atoms with E-state index in [-0.39, 0.29) is 23.5 Å². The van der Waals surface area contributed by atoms with E-state index in [9.17, 15) is 27.9 Å². The van der Waals surface area contributed by atoms with Crippen LogP contribution in [0.4, 0.5) is 18.9 Å². The van der Waals surface area contributed by atoms with Crippen molar-refractivity contribution in [1.29, 1.82) is 0 Å². The van der Waals surface area contributed by atoms with Crippen molar-refractivity contribution in [3.05, 3.63) is 51.2 Å². The van der Waals surface area contributed by atoms with Gasteiger partial charge in [-0.2, -0.15) is 13.2 Å². The number of nitro groups is 1. The predicted molar refractivity (Wildman–Crippen MR) is 92.2 cm³/mol. The Morgan fingerprint density at radius 1 is 1.33 bits per heavy atom. The molecule has 2 rings (SSSR count). The van der Waals surface area contributed by atoms with Gasteiger partial charge < -0.3 is 9.26 Å². The van der Waals surface area contributed by atoms with Crippen molar-refractivity contribution in [3.63, 3.8) is 0 Å². The molecule has 12 heteroatoms. The van der Waals surface area contributed by atoms with E-state index in [0.717, 1.165) is 12.1 Å². The van der Waals surface area contributed by atoms with Gasteiger partial charge >= 0.3 is 6.18 Å². The number of halogens is 4. The molecule has 0 aliphatic heterocycles. The van der Waals surface area contributed by atoms with Crippen LogP contribution in [-0.2, 0) is 15.3 Å². The zero-order valence-electron chi connectivity index (χ0n) is 14.0. The fraction of sp³-hybridized carbons (Fsp3) is 0.267. The summed E-state index contributed by atoms with van der Waals surface area (Å²) in [4.78, 5) is 14.0. The molecule has 146 valence electrons. The molecule has 0 aliphatic rings. The highest BCUT2D eigenvalue weighted by Crippen LogP contribution is 2.45. The van der Waals surface area contributed by atoms with Crippen molar-refractivity contribution >= 4 is 30.0 Å². The molecule has 27 heavy (non-hydrogen) atoms. The van der Waals surface area contributed by atoms with Crippen molar-refractivity contribution in [2.75, 3.05) is 13.3 Å². The Balaban J connectivity index is 2.43. The van der Waals surface area contributed by atoms with E-state index < -0.39 is 34.7 Å². The van der Waals surface area contributed by atoms with Gasteiger partial charge in [0.25, 0.3) is 5.69 Å². The molecule has 1 aromatic heterocycles. The number of hydrogen-bond acceptors (Lipinski definition) is 6. The SMILES string of the molecule is CCOP(C)(=O)c1cc(Oc2ncc(C(F)(F)F)cc2Cl)ccc1[N+](=O)[O-]. The first-order valence-corrected chi connectivity index (χ1v) is 9.82. The lowest BCUT2D eigenvalue weighted by atomic mass is 10.3. The molecule has 0 saturated carbocycles. The second-order valence-corrected chi connectivity index (χ2v) is 8.12. The van der Waals surface area contributed by atoms with Gasteiger partial charge in [-0.1, -0.05) is 11.6 Å². The summed E-state index contributed by atoms with van der Waals surface area (Å²) in [6.07, 6.45) is -4.08. The third-order valence-corrected chi connectivity index (χ3v) is 5.56. The summed E-state index contributed by atoms with van der Waals surface area (Å²) in [7, 11) is -3.53. The summed E-state index contributed by atoms with van der Waals surface area (Å²) in [6.45, 7) is 2.85. The first kappa shape index (κ1) is 21.1. The normalized spacial score (nSPS) is 13.9. The summed E-state index contributed by atoms with van der Waals surface area (Å²) >= 11 is 5.77. The van der Waals surface area contributed by atoms with E-state index in [2.05, 4.69) is 4.98 Å². The van der Waals surface area contributed by atoms with Gasteiger partial charge in [-0.25, -0.2) is 4.98 Å². The van der Waals surface area contributed by atoms with Crippen LogP contribution in [0, 0.1) is 10.1 Å². The Kier molecular flexibility index (Phi) is 6.14. The Morgan fingerprint density at radius 3 is 2.52 bits per heavy atom. The second kappa shape index (κ2) is 7.84. The zero-order chi connectivity index (χ0) is 20.4. The fourth-order valence-electron chi connectivity index (χ4n) is 2.13. The largest absolute Gasteiger partial charge is 0.438 e. The summed E-state index contributed by atoms with van der Waals surface area (Å²) < 4.78 is 61.0. The van der Waals surface area contributed by atoms with Gasteiger partial charge in [0.05, 0.1) is 17.1 Å². The molecule has 0 bridgehead atoms. The molecule has 1 aromatic carbocycles. The highest BCUT2D eigenvalue weighted by molar-refractivity contribution is 7.66. The van der Waals surface area contributed by atoms with Crippen LogP contribution in [0.15, 0.2) is 30.5 Å². The topological polar surface area (TPSA) is 91.6 Å². The number of benzene rings is 1. The molecule has 1 unspecified atom stereocenters. The number of alkyl halides is 3. The van der Waals surface area contributed by atoms with E-state index in [0.29, 0.717) is 12.3 Å². The number of pyridine rings is 1.